The zero-order valence-corrected chi connectivity index (χ0v) is 10.2. The van der Waals surface area contributed by atoms with E-state index in [2.05, 4.69) is 4.98 Å². The molecule has 0 fully saturated rings. The number of aromatic nitrogens is 1. The van der Waals surface area contributed by atoms with Gasteiger partial charge in [-0.1, -0.05) is 0 Å². The Morgan fingerprint density at radius 2 is 2.26 bits per heavy atom. The molecule has 0 saturated carbocycles. The number of nitro benzene ring substituents is 1. The number of hydrogen-bond acceptors (Lipinski definition) is 4. The van der Waals surface area contributed by atoms with Crippen LogP contribution in [-0.4, -0.2) is 28.1 Å². The summed E-state index contributed by atoms with van der Waals surface area (Å²) in [6, 6.07) is 3.18. The third kappa shape index (κ3) is 2.35. The number of fused-ring (bicyclic) bond motifs is 1. The van der Waals surface area contributed by atoms with Crippen molar-refractivity contribution in [2.45, 2.75) is 12.8 Å². The number of aliphatic carboxylic acids is 1. The molecule has 0 atom stereocenters. The molecular weight excluding hydrogens is 252 g/mol. The topological polar surface area (TPSA) is 105 Å². The van der Waals surface area contributed by atoms with E-state index in [9.17, 15) is 14.9 Å². The van der Waals surface area contributed by atoms with Gasteiger partial charge in [-0.3, -0.25) is 14.9 Å². The van der Waals surface area contributed by atoms with Crippen molar-refractivity contribution in [1.82, 2.24) is 4.98 Å². The van der Waals surface area contributed by atoms with Gasteiger partial charge in [0.1, 0.15) is 0 Å². The Balaban J connectivity index is 2.60. The van der Waals surface area contributed by atoms with Crippen molar-refractivity contribution in [2.24, 2.45) is 0 Å². The van der Waals surface area contributed by atoms with Crippen LogP contribution in [0, 0.1) is 10.1 Å². The molecular formula is C12H12N2O5. The van der Waals surface area contributed by atoms with Crippen molar-refractivity contribution in [3.63, 3.8) is 0 Å². The van der Waals surface area contributed by atoms with Crippen LogP contribution in [0.5, 0.6) is 5.75 Å². The molecule has 0 aliphatic rings. The van der Waals surface area contributed by atoms with E-state index in [1.54, 1.807) is 12.3 Å². The van der Waals surface area contributed by atoms with Crippen molar-refractivity contribution in [3.05, 3.63) is 34.0 Å². The highest BCUT2D eigenvalue weighted by atomic mass is 16.6. The number of carboxylic acids is 1. The number of carboxylic acid groups (broad SMARTS) is 1. The lowest BCUT2D eigenvalue weighted by Crippen LogP contribution is -1.99. The average molecular weight is 264 g/mol. The molecule has 0 unspecified atom stereocenters. The summed E-state index contributed by atoms with van der Waals surface area (Å²) in [6.07, 6.45) is 1.74. The summed E-state index contributed by atoms with van der Waals surface area (Å²) in [5, 5.41) is 20.3. The van der Waals surface area contributed by atoms with Crippen LogP contribution < -0.4 is 4.74 Å². The Bertz CT molecular complexity index is 647. The first-order chi connectivity index (χ1) is 9.04. The molecule has 0 spiro atoms. The SMILES string of the molecule is COc1ccc2[nH]cc(CCC(=O)O)c2c1[N+](=O)[O-]. The van der Waals surface area contributed by atoms with E-state index in [0.717, 1.165) is 0 Å². The van der Waals surface area contributed by atoms with Gasteiger partial charge in [0.05, 0.1) is 22.9 Å². The zero-order chi connectivity index (χ0) is 14.0. The molecule has 0 saturated heterocycles. The minimum absolute atomic E-state index is 0.0820. The van der Waals surface area contributed by atoms with Gasteiger partial charge in [-0.05, 0) is 24.1 Å². The number of hydrogen-bond donors (Lipinski definition) is 2. The largest absolute Gasteiger partial charge is 0.490 e. The Labute approximate surface area is 108 Å². The number of carbonyl (C=O) groups is 1. The van der Waals surface area contributed by atoms with Crippen molar-refractivity contribution >= 4 is 22.6 Å². The van der Waals surface area contributed by atoms with E-state index in [4.69, 9.17) is 9.84 Å². The number of aryl methyl sites for hydroxylation is 1. The second-order valence-corrected chi connectivity index (χ2v) is 4.00. The number of methoxy groups -OCH3 is 1. The number of rotatable bonds is 5. The van der Waals surface area contributed by atoms with E-state index in [-0.39, 0.29) is 24.3 Å². The molecule has 1 heterocycles. The van der Waals surface area contributed by atoms with Crippen molar-refractivity contribution < 1.29 is 19.6 Å². The minimum Gasteiger partial charge on any atom is -0.490 e. The van der Waals surface area contributed by atoms with Crippen LogP contribution in [0.3, 0.4) is 0 Å². The number of aromatic amines is 1. The maximum Gasteiger partial charge on any atom is 0.320 e. The van der Waals surface area contributed by atoms with E-state index in [0.29, 0.717) is 16.5 Å². The Morgan fingerprint density at radius 3 is 2.84 bits per heavy atom. The zero-order valence-electron chi connectivity index (χ0n) is 10.2. The van der Waals surface area contributed by atoms with Crippen LogP contribution >= 0.6 is 0 Å². The number of H-pyrrole nitrogens is 1. The first kappa shape index (κ1) is 12.9. The Kier molecular flexibility index (Phi) is 3.37. The van der Waals surface area contributed by atoms with Gasteiger partial charge in [0, 0.05) is 12.6 Å². The Hall–Kier alpha value is -2.57. The predicted octanol–water partition coefficient (Wildman–Crippen LogP) is 2.10. The van der Waals surface area contributed by atoms with Gasteiger partial charge in [-0.25, -0.2) is 0 Å². The third-order valence-electron chi connectivity index (χ3n) is 2.87. The van der Waals surface area contributed by atoms with Crippen molar-refractivity contribution in [2.75, 3.05) is 7.11 Å². The van der Waals surface area contributed by atoms with Crippen LogP contribution in [0.2, 0.25) is 0 Å². The summed E-state index contributed by atoms with van der Waals surface area (Å²) in [5.74, 6) is -0.784. The maximum atomic E-state index is 11.2. The van der Waals surface area contributed by atoms with Crippen molar-refractivity contribution in [1.29, 1.82) is 0 Å². The minimum atomic E-state index is -0.945. The fourth-order valence-corrected chi connectivity index (χ4v) is 2.04. The molecule has 1 aromatic carbocycles. The van der Waals surface area contributed by atoms with Crippen LogP contribution in [-0.2, 0) is 11.2 Å². The van der Waals surface area contributed by atoms with Crippen LogP contribution in [0.4, 0.5) is 5.69 Å². The predicted molar refractivity (Wildman–Crippen MR) is 67.5 cm³/mol. The molecule has 2 aromatic rings. The molecule has 0 aliphatic heterocycles. The summed E-state index contributed by atoms with van der Waals surface area (Å²) in [5.41, 5.74) is 1.05. The molecule has 7 heteroatoms. The standard InChI is InChI=1S/C12H12N2O5/c1-19-9-4-3-8-11(12(9)14(17)18)7(6-13-8)2-5-10(15)16/h3-4,6,13H,2,5H2,1H3,(H,15,16). The fourth-order valence-electron chi connectivity index (χ4n) is 2.04. The normalized spacial score (nSPS) is 10.6. The van der Waals surface area contributed by atoms with Crippen LogP contribution in [0.25, 0.3) is 10.9 Å². The lowest BCUT2D eigenvalue weighted by Gasteiger charge is -2.04. The first-order valence-electron chi connectivity index (χ1n) is 5.57. The van der Waals surface area contributed by atoms with Gasteiger partial charge in [-0.2, -0.15) is 0 Å². The van der Waals surface area contributed by atoms with Crippen LogP contribution in [0.15, 0.2) is 18.3 Å². The molecule has 7 nitrogen and oxygen atoms in total. The average Bonchev–Trinajstić information content (AvgIpc) is 2.77. The summed E-state index contributed by atoms with van der Waals surface area (Å²) >= 11 is 0. The number of nitrogens with one attached hydrogen (secondary N) is 1. The highest BCUT2D eigenvalue weighted by molar-refractivity contribution is 5.94. The monoisotopic (exact) mass is 264 g/mol. The van der Waals surface area contributed by atoms with Gasteiger partial charge < -0.3 is 14.8 Å². The second-order valence-electron chi connectivity index (χ2n) is 4.00. The maximum absolute atomic E-state index is 11.2. The quantitative estimate of drug-likeness (QED) is 0.635. The van der Waals surface area contributed by atoms with Gasteiger partial charge in [0.15, 0.2) is 5.75 Å². The van der Waals surface area contributed by atoms with E-state index < -0.39 is 10.9 Å². The molecule has 0 amide bonds. The summed E-state index contributed by atoms with van der Waals surface area (Å²) in [6.45, 7) is 0. The van der Waals surface area contributed by atoms with E-state index >= 15 is 0 Å². The molecule has 0 aliphatic carbocycles. The number of benzene rings is 1. The summed E-state index contributed by atoms with van der Waals surface area (Å²) in [7, 11) is 1.36. The van der Waals surface area contributed by atoms with Crippen LogP contribution in [0.1, 0.15) is 12.0 Å². The first-order valence-corrected chi connectivity index (χ1v) is 5.57. The molecule has 2 N–H and O–H groups in total. The molecule has 0 bridgehead atoms. The third-order valence-corrected chi connectivity index (χ3v) is 2.87. The van der Waals surface area contributed by atoms with Gasteiger partial charge in [-0.15, -0.1) is 0 Å². The van der Waals surface area contributed by atoms with E-state index in [1.165, 1.54) is 13.2 Å². The summed E-state index contributed by atoms with van der Waals surface area (Å²) < 4.78 is 4.99. The molecule has 2 rings (SSSR count). The van der Waals surface area contributed by atoms with Gasteiger partial charge in [0.2, 0.25) is 0 Å². The van der Waals surface area contributed by atoms with Gasteiger partial charge in [0.25, 0.3) is 0 Å². The number of nitro groups is 1. The van der Waals surface area contributed by atoms with Gasteiger partial charge >= 0.3 is 11.7 Å². The Morgan fingerprint density at radius 1 is 1.53 bits per heavy atom. The fraction of sp³-hybridized carbons (Fsp3) is 0.250. The molecule has 0 radical (unpaired) electrons. The number of nitrogens with zero attached hydrogens (tertiary/aromatic N) is 1. The molecule has 100 valence electrons. The number of ether oxygens (including phenoxy) is 1. The smallest absolute Gasteiger partial charge is 0.320 e. The lowest BCUT2D eigenvalue weighted by molar-refractivity contribution is -0.384. The lowest BCUT2D eigenvalue weighted by atomic mass is 10.1. The van der Waals surface area contributed by atoms with Crippen molar-refractivity contribution in [3.8, 4) is 5.75 Å². The van der Waals surface area contributed by atoms with E-state index in [1.807, 2.05) is 0 Å². The highest BCUT2D eigenvalue weighted by Crippen LogP contribution is 2.37. The molecule has 19 heavy (non-hydrogen) atoms. The highest BCUT2D eigenvalue weighted by Gasteiger charge is 2.23. The second kappa shape index (κ2) is 4.97. The summed E-state index contributed by atoms with van der Waals surface area (Å²) in [4.78, 5) is 24.2. The molecule has 1 aromatic heterocycles.